The number of carbonyl (C=O) groups is 2. The first-order valence-electron chi connectivity index (χ1n) is 13.2. The summed E-state index contributed by atoms with van der Waals surface area (Å²) in [5.74, 6) is 7.27. The summed E-state index contributed by atoms with van der Waals surface area (Å²) in [6, 6.07) is 0. The highest BCUT2D eigenvalue weighted by molar-refractivity contribution is 7.14. The molecule has 1 aliphatic carbocycles. The normalized spacial score (nSPS) is 14.4. The SMILES string of the molecule is CC#Cc1sc(C)c2c1C(=O)c1c(CC(CC)CCCC)sc(CC(CC)CCCC)c1C2=O. The third kappa shape index (κ3) is 5.42. The zero-order valence-electron chi connectivity index (χ0n) is 21.9. The van der Waals surface area contributed by atoms with Gasteiger partial charge in [0.05, 0.1) is 10.4 Å². The molecule has 0 amide bonds. The first kappa shape index (κ1) is 26.9. The molecule has 0 aromatic carbocycles. The molecule has 0 spiro atoms. The minimum atomic E-state index is 0.0381. The van der Waals surface area contributed by atoms with Crippen LogP contribution in [0.2, 0.25) is 0 Å². The molecule has 2 aromatic rings. The van der Waals surface area contributed by atoms with Crippen molar-refractivity contribution in [1.82, 2.24) is 0 Å². The molecule has 0 saturated heterocycles. The Labute approximate surface area is 214 Å². The van der Waals surface area contributed by atoms with Gasteiger partial charge in [0.15, 0.2) is 11.6 Å². The number of unbranched alkanes of at least 4 members (excludes halogenated alkanes) is 2. The topological polar surface area (TPSA) is 34.1 Å². The Bertz CT molecular complexity index is 1090. The van der Waals surface area contributed by atoms with Gasteiger partial charge in [-0.25, -0.2) is 0 Å². The van der Waals surface area contributed by atoms with Gasteiger partial charge in [-0.1, -0.05) is 85.0 Å². The summed E-state index contributed by atoms with van der Waals surface area (Å²) in [6.07, 6.45) is 11.2. The molecular formula is C30H40O2S2. The van der Waals surface area contributed by atoms with Crippen LogP contribution in [-0.2, 0) is 12.8 Å². The smallest absolute Gasteiger partial charge is 0.197 e. The Hall–Kier alpha value is -1.70. The van der Waals surface area contributed by atoms with Crippen molar-refractivity contribution in [2.75, 3.05) is 0 Å². The van der Waals surface area contributed by atoms with Crippen LogP contribution in [0.15, 0.2) is 0 Å². The quantitative estimate of drug-likeness (QED) is 0.235. The maximum atomic E-state index is 14.0. The summed E-state index contributed by atoms with van der Waals surface area (Å²) < 4.78 is 0. The number of rotatable bonds is 12. The van der Waals surface area contributed by atoms with E-state index in [1.807, 2.05) is 6.92 Å². The molecule has 2 heterocycles. The van der Waals surface area contributed by atoms with Gasteiger partial charge in [0, 0.05) is 31.3 Å². The Morgan fingerprint density at radius 3 is 1.68 bits per heavy atom. The number of aryl methyl sites for hydroxylation is 1. The van der Waals surface area contributed by atoms with E-state index in [9.17, 15) is 9.59 Å². The summed E-state index contributed by atoms with van der Waals surface area (Å²) in [5.41, 5.74) is 2.63. The minimum Gasteiger partial charge on any atom is -0.288 e. The molecule has 0 radical (unpaired) electrons. The molecule has 34 heavy (non-hydrogen) atoms. The lowest BCUT2D eigenvalue weighted by molar-refractivity contribution is 0.0978. The van der Waals surface area contributed by atoms with Crippen LogP contribution >= 0.6 is 22.7 Å². The molecule has 0 bridgehead atoms. The number of ketones is 2. The van der Waals surface area contributed by atoms with Gasteiger partial charge in [0.1, 0.15) is 0 Å². The third-order valence-electron chi connectivity index (χ3n) is 7.32. The van der Waals surface area contributed by atoms with Crippen LogP contribution in [0.3, 0.4) is 0 Å². The van der Waals surface area contributed by atoms with Crippen molar-refractivity contribution in [3.8, 4) is 11.8 Å². The molecule has 2 nitrogen and oxygen atoms in total. The van der Waals surface area contributed by atoms with Gasteiger partial charge in [0.25, 0.3) is 0 Å². The van der Waals surface area contributed by atoms with Crippen LogP contribution in [-0.4, -0.2) is 11.6 Å². The lowest BCUT2D eigenvalue weighted by Crippen LogP contribution is -2.22. The molecule has 4 heteroatoms. The van der Waals surface area contributed by atoms with Crippen LogP contribution in [0.4, 0.5) is 0 Å². The molecular weight excluding hydrogens is 456 g/mol. The van der Waals surface area contributed by atoms with Crippen LogP contribution in [0.1, 0.15) is 137 Å². The van der Waals surface area contributed by atoms with Gasteiger partial charge >= 0.3 is 0 Å². The molecule has 2 aromatic heterocycles. The molecule has 1 aliphatic rings. The van der Waals surface area contributed by atoms with Crippen LogP contribution < -0.4 is 0 Å². The van der Waals surface area contributed by atoms with Crippen molar-refractivity contribution in [2.24, 2.45) is 11.8 Å². The summed E-state index contributed by atoms with van der Waals surface area (Å²) in [6.45, 7) is 12.7. The maximum absolute atomic E-state index is 14.0. The molecule has 3 rings (SSSR count). The Balaban J connectivity index is 2.12. The van der Waals surface area contributed by atoms with E-state index < -0.39 is 0 Å². The fourth-order valence-corrected chi connectivity index (χ4v) is 7.78. The molecule has 2 unspecified atom stereocenters. The lowest BCUT2D eigenvalue weighted by Gasteiger charge is -2.18. The Kier molecular flexibility index (Phi) is 9.74. The lowest BCUT2D eigenvalue weighted by atomic mass is 9.81. The molecule has 0 fully saturated rings. The van der Waals surface area contributed by atoms with E-state index in [4.69, 9.17) is 0 Å². The number of hydrogen-bond acceptors (Lipinski definition) is 4. The predicted octanol–water partition coefficient (Wildman–Crippen LogP) is 8.78. The van der Waals surface area contributed by atoms with Crippen molar-refractivity contribution in [1.29, 1.82) is 0 Å². The average molecular weight is 497 g/mol. The van der Waals surface area contributed by atoms with Crippen molar-refractivity contribution < 1.29 is 9.59 Å². The zero-order chi connectivity index (χ0) is 24.8. The minimum absolute atomic E-state index is 0.0381. The number of thiophene rings is 2. The molecule has 0 aliphatic heterocycles. The van der Waals surface area contributed by atoms with Gasteiger partial charge in [0.2, 0.25) is 0 Å². The Morgan fingerprint density at radius 2 is 1.24 bits per heavy atom. The number of hydrogen-bond donors (Lipinski definition) is 0. The number of carbonyl (C=O) groups excluding carboxylic acids is 2. The Morgan fingerprint density at radius 1 is 0.735 bits per heavy atom. The second-order valence-corrected chi connectivity index (χ2v) is 12.1. The predicted molar refractivity (Wildman–Crippen MR) is 147 cm³/mol. The second kappa shape index (κ2) is 12.3. The van der Waals surface area contributed by atoms with Gasteiger partial charge in [-0.2, -0.15) is 0 Å². The molecule has 184 valence electrons. The monoisotopic (exact) mass is 496 g/mol. The highest BCUT2D eigenvalue weighted by Crippen LogP contribution is 2.44. The standard InChI is InChI=1S/C30H40O2S2/c1-7-12-15-20(10-4)17-23-27-28(24(34-23)18-21(11-5)16-13-8-2)30(32)26-22(14-9-3)33-19(6)25(26)29(27)31/h20-21H,7-8,10-13,15-18H2,1-6H3. The van der Waals surface area contributed by atoms with E-state index in [0.29, 0.717) is 23.0 Å². The van der Waals surface area contributed by atoms with E-state index >= 15 is 0 Å². The van der Waals surface area contributed by atoms with E-state index in [0.717, 1.165) is 56.3 Å². The van der Waals surface area contributed by atoms with Crippen molar-refractivity contribution in [3.05, 3.63) is 41.8 Å². The van der Waals surface area contributed by atoms with Gasteiger partial charge < -0.3 is 0 Å². The van der Waals surface area contributed by atoms with Crippen LogP contribution in [0.25, 0.3) is 0 Å². The highest BCUT2D eigenvalue weighted by atomic mass is 32.1. The van der Waals surface area contributed by atoms with E-state index in [1.165, 1.54) is 49.9 Å². The average Bonchev–Trinajstić information content (AvgIpc) is 3.35. The van der Waals surface area contributed by atoms with Gasteiger partial charge in [-0.3, -0.25) is 9.59 Å². The third-order valence-corrected chi connectivity index (χ3v) is 9.57. The van der Waals surface area contributed by atoms with Crippen molar-refractivity contribution in [3.63, 3.8) is 0 Å². The molecule has 2 atom stereocenters. The first-order valence-corrected chi connectivity index (χ1v) is 14.8. The molecule has 0 saturated carbocycles. The van der Waals surface area contributed by atoms with Gasteiger partial charge in [-0.15, -0.1) is 28.6 Å². The summed E-state index contributed by atoms with van der Waals surface area (Å²) in [5, 5.41) is 0. The van der Waals surface area contributed by atoms with Crippen LogP contribution in [0, 0.1) is 30.6 Å². The zero-order valence-corrected chi connectivity index (χ0v) is 23.5. The van der Waals surface area contributed by atoms with E-state index in [1.54, 1.807) is 18.3 Å². The first-order chi connectivity index (χ1) is 16.4. The largest absolute Gasteiger partial charge is 0.288 e. The van der Waals surface area contributed by atoms with Crippen molar-refractivity contribution >= 4 is 34.2 Å². The number of fused-ring (bicyclic) bond motifs is 2. The highest BCUT2D eigenvalue weighted by Gasteiger charge is 2.40. The summed E-state index contributed by atoms with van der Waals surface area (Å²) in [7, 11) is 0. The van der Waals surface area contributed by atoms with E-state index in [-0.39, 0.29) is 11.6 Å². The van der Waals surface area contributed by atoms with Crippen LogP contribution in [0.5, 0.6) is 0 Å². The fraction of sp³-hybridized carbons (Fsp3) is 0.600. The molecule has 0 N–H and O–H groups in total. The van der Waals surface area contributed by atoms with E-state index in [2.05, 4.69) is 39.5 Å². The van der Waals surface area contributed by atoms with Crippen molar-refractivity contribution in [2.45, 2.75) is 106 Å². The van der Waals surface area contributed by atoms with Gasteiger partial charge in [-0.05, 0) is 38.5 Å². The fourth-order valence-electron chi connectivity index (χ4n) is 5.19. The summed E-state index contributed by atoms with van der Waals surface area (Å²) in [4.78, 5) is 31.9. The second-order valence-electron chi connectivity index (χ2n) is 9.71. The summed E-state index contributed by atoms with van der Waals surface area (Å²) >= 11 is 3.26. The maximum Gasteiger partial charge on any atom is 0.197 e.